The molecule has 0 spiro atoms. The number of hydrogen-bond donors (Lipinski definition) is 2. The van der Waals surface area contributed by atoms with Crippen molar-refractivity contribution in [3.63, 3.8) is 0 Å². The molecule has 136 valence electrons. The minimum absolute atomic E-state index is 0.123. The van der Waals surface area contributed by atoms with Crippen LogP contribution >= 0.6 is 11.3 Å². The number of aromatic nitrogens is 2. The molecule has 0 aliphatic heterocycles. The number of halogens is 1. The van der Waals surface area contributed by atoms with E-state index in [1.54, 1.807) is 24.5 Å². The van der Waals surface area contributed by atoms with Crippen LogP contribution in [0.25, 0.3) is 22.0 Å². The van der Waals surface area contributed by atoms with E-state index < -0.39 is 0 Å². The number of carbonyl (C=O) groups excluding carboxylic acids is 1. The van der Waals surface area contributed by atoms with Crippen LogP contribution in [0.3, 0.4) is 0 Å². The number of aromatic amines is 1. The van der Waals surface area contributed by atoms with Crippen molar-refractivity contribution >= 4 is 34.0 Å². The zero-order valence-electron chi connectivity index (χ0n) is 14.5. The average molecular weight is 381 g/mol. The van der Waals surface area contributed by atoms with Crippen LogP contribution in [0.15, 0.2) is 53.9 Å². The first-order valence-electron chi connectivity index (χ1n) is 8.28. The van der Waals surface area contributed by atoms with E-state index in [0.29, 0.717) is 23.6 Å². The van der Waals surface area contributed by atoms with Crippen molar-refractivity contribution in [3.05, 3.63) is 64.6 Å². The highest BCUT2D eigenvalue weighted by Gasteiger charge is 2.13. The predicted molar refractivity (Wildman–Crippen MR) is 105 cm³/mol. The summed E-state index contributed by atoms with van der Waals surface area (Å²) in [6.45, 7) is 0. The standard InChI is InChI=1S/C20H16FN3O2S/c1-26-18-7-5-13(21)10-16(18)12-4-6-15-17(9-12)23-24-20(15)22-19(25)11-14-3-2-8-27-14/h2-10H,11H2,1H3,(H2,22,23,24,25). The molecule has 2 aromatic heterocycles. The Bertz CT molecular complexity index is 1110. The van der Waals surface area contributed by atoms with Crippen LogP contribution in [0.1, 0.15) is 4.88 Å². The maximum absolute atomic E-state index is 13.7. The van der Waals surface area contributed by atoms with Crippen molar-refractivity contribution < 1.29 is 13.9 Å². The number of methoxy groups -OCH3 is 1. The predicted octanol–water partition coefficient (Wildman–Crippen LogP) is 4.62. The first-order valence-corrected chi connectivity index (χ1v) is 9.16. The highest BCUT2D eigenvalue weighted by molar-refractivity contribution is 7.10. The number of fused-ring (bicyclic) bond motifs is 1. The molecule has 0 bridgehead atoms. The average Bonchev–Trinajstić information content (AvgIpc) is 3.31. The van der Waals surface area contributed by atoms with Gasteiger partial charge >= 0.3 is 0 Å². The maximum Gasteiger partial charge on any atom is 0.230 e. The van der Waals surface area contributed by atoms with Gasteiger partial charge in [0, 0.05) is 15.8 Å². The summed E-state index contributed by atoms with van der Waals surface area (Å²) in [4.78, 5) is 13.2. The third-order valence-corrected chi connectivity index (χ3v) is 5.08. The van der Waals surface area contributed by atoms with Gasteiger partial charge in [0.1, 0.15) is 11.6 Å². The Balaban J connectivity index is 1.62. The number of H-pyrrole nitrogens is 1. The summed E-state index contributed by atoms with van der Waals surface area (Å²) in [6, 6.07) is 13.8. The number of nitrogens with zero attached hydrogens (tertiary/aromatic N) is 1. The fraction of sp³-hybridized carbons (Fsp3) is 0.100. The minimum atomic E-state index is -0.336. The second-order valence-corrected chi connectivity index (χ2v) is 7.01. The molecule has 0 radical (unpaired) electrons. The van der Waals surface area contributed by atoms with E-state index in [9.17, 15) is 9.18 Å². The summed E-state index contributed by atoms with van der Waals surface area (Å²) < 4.78 is 19.0. The molecule has 0 aliphatic rings. The van der Waals surface area contributed by atoms with Gasteiger partial charge in [-0.3, -0.25) is 9.89 Å². The van der Waals surface area contributed by atoms with Gasteiger partial charge in [-0.05, 0) is 47.3 Å². The number of rotatable bonds is 5. The van der Waals surface area contributed by atoms with Gasteiger partial charge in [0.05, 0.1) is 19.0 Å². The van der Waals surface area contributed by atoms with Crippen LogP contribution in [-0.4, -0.2) is 23.2 Å². The normalized spacial score (nSPS) is 10.9. The number of thiophene rings is 1. The second kappa shape index (κ2) is 7.20. The van der Waals surface area contributed by atoms with Crippen LogP contribution in [0.5, 0.6) is 5.75 Å². The van der Waals surface area contributed by atoms with Crippen LogP contribution in [-0.2, 0) is 11.2 Å². The molecule has 5 nitrogen and oxygen atoms in total. The monoisotopic (exact) mass is 381 g/mol. The summed E-state index contributed by atoms with van der Waals surface area (Å²) in [5.41, 5.74) is 2.18. The zero-order valence-corrected chi connectivity index (χ0v) is 15.3. The lowest BCUT2D eigenvalue weighted by Crippen LogP contribution is -2.14. The summed E-state index contributed by atoms with van der Waals surface area (Å²) in [6.07, 6.45) is 0.310. The van der Waals surface area contributed by atoms with Gasteiger partial charge in [-0.1, -0.05) is 12.1 Å². The molecular weight excluding hydrogens is 365 g/mol. The third kappa shape index (κ3) is 3.54. The molecule has 27 heavy (non-hydrogen) atoms. The van der Waals surface area contributed by atoms with Gasteiger partial charge < -0.3 is 10.1 Å². The molecule has 0 unspecified atom stereocenters. The van der Waals surface area contributed by atoms with Crippen LogP contribution in [0.4, 0.5) is 10.2 Å². The summed E-state index contributed by atoms with van der Waals surface area (Å²) in [7, 11) is 1.55. The maximum atomic E-state index is 13.7. The Morgan fingerprint density at radius 3 is 2.93 bits per heavy atom. The molecule has 4 aromatic rings. The smallest absolute Gasteiger partial charge is 0.230 e. The number of anilines is 1. The lowest BCUT2D eigenvalue weighted by atomic mass is 10.0. The van der Waals surface area contributed by atoms with E-state index in [2.05, 4.69) is 15.5 Å². The number of hydrogen-bond acceptors (Lipinski definition) is 4. The summed E-state index contributed by atoms with van der Waals surface area (Å²) >= 11 is 1.54. The van der Waals surface area contributed by atoms with Crippen molar-refractivity contribution in [3.8, 4) is 16.9 Å². The molecule has 2 aromatic carbocycles. The van der Waals surface area contributed by atoms with E-state index in [-0.39, 0.29) is 11.7 Å². The van der Waals surface area contributed by atoms with Crippen molar-refractivity contribution in [1.29, 1.82) is 0 Å². The SMILES string of the molecule is COc1ccc(F)cc1-c1ccc2c(NC(=O)Cc3cccs3)n[nH]c2c1. The first-order chi connectivity index (χ1) is 13.1. The number of amides is 1. The van der Waals surface area contributed by atoms with E-state index >= 15 is 0 Å². The van der Waals surface area contributed by atoms with Gasteiger partial charge in [0.25, 0.3) is 0 Å². The molecule has 2 N–H and O–H groups in total. The lowest BCUT2D eigenvalue weighted by molar-refractivity contribution is -0.115. The van der Waals surface area contributed by atoms with E-state index in [0.717, 1.165) is 21.3 Å². The first kappa shape index (κ1) is 17.2. The number of nitrogens with one attached hydrogen (secondary N) is 2. The molecule has 7 heteroatoms. The largest absolute Gasteiger partial charge is 0.496 e. The molecular formula is C20H16FN3O2S. The highest BCUT2D eigenvalue weighted by atomic mass is 32.1. The van der Waals surface area contributed by atoms with E-state index in [1.807, 2.05) is 35.7 Å². The Labute approximate surface area is 158 Å². The zero-order chi connectivity index (χ0) is 18.8. The van der Waals surface area contributed by atoms with Gasteiger partial charge in [0.2, 0.25) is 5.91 Å². The van der Waals surface area contributed by atoms with Crippen LogP contribution in [0.2, 0.25) is 0 Å². The van der Waals surface area contributed by atoms with Gasteiger partial charge in [-0.15, -0.1) is 11.3 Å². The molecule has 1 amide bonds. The Kier molecular flexibility index (Phi) is 4.60. The fourth-order valence-electron chi connectivity index (χ4n) is 2.94. The van der Waals surface area contributed by atoms with Gasteiger partial charge in [0.15, 0.2) is 5.82 Å². The third-order valence-electron chi connectivity index (χ3n) is 4.21. The molecule has 2 heterocycles. The Hall–Kier alpha value is -3.19. The quantitative estimate of drug-likeness (QED) is 0.530. The number of carbonyl (C=O) groups is 1. The number of ether oxygens (including phenoxy) is 1. The van der Waals surface area contributed by atoms with E-state index in [1.165, 1.54) is 12.1 Å². The fourth-order valence-corrected chi connectivity index (χ4v) is 3.64. The Morgan fingerprint density at radius 1 is 1.26 bits per heavy atom. The minimum Gasteiger partial charge on any atom is -0.496 e. The highest BCUT2D eigenvalue weighted by Crippen LogP contribution is 2.33. The summed E-state index contributed by atoms with van der Waals surface area (Å²) in [5, 5.41) is 12.7. The van der Waals surface area contributed by atoms with Crippen LogP contribution in [0, 0.1) is 5.82 Å². The molecule has 0 saturated carbocycles. The molecule has 4 rings (SSSR count). The molecule has 0 aliphatic carbocycles. The van der Waals surface area contributed by atoms with Crippen molar-refractivity contribution in [2.75, 3.05) is 12.4 Å². The van der Waals surface area contributed by atoms with Crippen molar-refractivity contribution in [2.24, 2.45) is 0 Å². The second-order valence-electron chi connectivity index (χ2n) is 5.98. The topological polar surface area (TPSA) is 67.0 Å². The molecule has 0 atom stereocenters. The number of benzene rings is 2. The summed E-state index contributed by atoms with van der Waals surface area (Å²) in [5.74, 6) is 0.600. The molecule has 0 fully saturated rings. The van der Waals surface area contributed by atoms with Gasteiger partial charge in [-0.25, -0.2) is 4.39 Å². The van der Waals surface area contributed by atoms with Gasteiger partial charge in [-0.2, -0.15) is 5.10 Å². The lowest BCUT2D eigenvalue weighted by Gasteiger charge is -2.09. The van der Waals surface area contributed by atoms with Crippen molar-refractivity contribution in [2.45, 2.75) is 6.42 Å². The van der Waals surface area contributed by atoms with E-state index in [4.69, 9.17) is 4.74 Å². The molecule has 0 saturated heterocycles. The Morgan fingerprint density at radius 2 is 2.15 bits per heavy atom. The van der Waals surface area contributed by atoms with Crippen molar-refractivity contribution in [1.82, 2.24) is 10.2 Å². The van der Waals surface area contributed by atoms with Crippen LogP contribution < -0.4 is 10.1 Å².